The second-order valence-electron chi connectivity index (χ2n) is 10.5. The third-order valence-corrected chi connectivity index (χ3v) is 7.50. The van der Waals surface area contributed by atoms with E-state index in [0.717, 1.165) is 31.0 Å². The van der Waals surface area contributed by atoms with Crippen LogP contribution in [0.3, 0.4) is 0 Å². The first-order chi connectivity index (χ1) is 15.4. The highest BCUT2D eigenvalue weighted by Crippen LogP contribution is 2.57. The lowest BCUT2D eigenvalue weighted by Gasteiger charge is -2.23. The number of aromatic amines is 1. The van der Waals surface area contributed by atoms with Gasteiger partial charge in [-0.05, 0) is 59.9 Å². The maximum atomic E-state index is 12.7. The van der Waals surface area contributed by atoms with Crippen LogP contribution in [0.1, 0.15) is 69.1 Å². The fraction of sp³-hybridized carbons (Fsp3) is 0.538. The maximum absolute atomic E-state index is 12.7. The van der Waals surface area contributed by atoms with E-state index in [2.05, 4.69) is 52.2 Å². The van der Waals surface area contributed by atoms with Crippen molar-refractivity contribution in [2.45, 2.75) is 71.5 Å². The molecule has 5 rings (SSSR count). The predicted octanol–water partition coefficient (Wildman–Crippen LogP) is 2.60. The smallest absolute Gasteiger partial charge is 0.285 e. The second-order valence-corrected chi connectivity index (χ2v) is 10.5. The van der Waals surface area contributed by atoms with Crippen molar-refractivity contribution in [3.05, 3.63) is 57.5 Å². The molecule has 2 aliphatic carbocycles. The molecule has 6 heteroatoms. The number of hydrogen-bond donors (Lipinski definition) is 4. The highest BCUT2D eigenvalue weighted by molar-refractivity contribution is 5.98. The van der Waals surface area contributed by atoms with E-state index >= 15 is 0 Å². The summed E-state index contributed by atoms with van der Waals surface area (Å²) in [6.45, 7) is 7.58. The van der Waals surface area contributed by atoms with Crippen LogP contribution in [0.2, 0.25) is 0 Å². The molecule has 0 bridgehead atoms. The summed E-state index contributed by atoms with van der Waals surface area (Å²) < 4.78 is 0. The number of fused-ring (bicyclic) bond motifs is 1. The van der Waals surface area contributed by atoms with Gasteiger partial charge in [-0.25, -0.2) is 4.99 Å². The number of nitrogens with two attached hydrogens (primary N) is 1. The molecule has 6 nitrogen and oxygen atoms in total. The van der Waals surface area contributed by atoms with Gasteiger partial charge >= 0.3 is 0 Å². The minimum atomic E-state index is -0.164. The summed E-state index contributed by atoms with van der Waals surface area (Å²) in [6.07, 6.45) is 9.49. The first kappa shape index (κ1) is 21.3. The van der Waals surface area contributed by atoms with E-state index < -0.39 is 0 Å². The highest BCUT2D eigenvalue weighted by atomic mass is 16.1. The van der Waals surface area contributed by atoms with E-state index in [1.54, 1.807) is 6.20 Å². The van der Waals surface area contributed by atoms with Gasteiger partial charge in [-0.15, -0.1) is 0 Å². The number of rotatable bonds is 6. The summed E-state index contributed by atoms with van der Waals surface area (Å²) in [7, 11) is 0. The highest BCUT2D eigenvalue weighted by Gasteiger charge is 2.54. The van der Waals surface area contributed by atoms with Crippen molar-refractivity contribution >= 4 is 17.2 Å². The van der Waals surface area contributed by atoms with Gasteiger partial charge in [0.15, 0.2) is 5.56 Å². The summed E-state index contributed by atoms with van der Waals surface area (Å²) in [4.78, 5) is 21.3. The van der Waals surface area contributed by atoms with Gasteiger partial charge in [0.1, 0.15) is 5.69 Å². The first-order valence-electron chi connectivity index (χ1n) is 12.2. The molecule has 1 atom stereocenters. The van der Waals surface area contributed by atoms with Crippen molar-refractivity contribution in [3.8, 4) is 0 Å². The number of H-pyrrole nitrogens is 1. The Bertz CT molecular complexity index is 1080. The lowest BCUT2D eigenvalue weighted by molar-refractivity contribution is -0.354. The third kappa shape index (κ3) is 4.20. The van der Waals surface area contributed by atoms with Gasteiger partial charge < -0.3 is 10.3 Å². The van der Waals surface area contributed by atoms with E-state index in [1.165, 1.54) is 49.7 Å². The summed E-state index contributed by atoms with van der Waals surface area (Å²) in [5.74, 6) is 1.05. The van der Waals surface area contributed by atoms with Crippen LogP contribution in [0.5, 0.6) is 0 Å². The summed E-state index contributed by atoms with van der Waals surface area (Å²) in [5, 5.41) is 3.65. The van der Waals surface area contributed by atoms with Crippen molar-refractivity contribution in [2.75, 3.05) is 11.9 Å². The van der Waals surface area contributed by atoms with Crippen LogP contribution in [0.4, 0.5) is 11.4 Å². The normalized spacial score (nSPS) is 22.3. The minimum absolute atomic E-state index is 0.164. The van der Waals surface area contributed by atoms with Crippen LogP contribution in [0.25, 0.3) is 0 Å². The molecule has 2 saturated carbocycles. The van der Waals surface area contributed by atoms with Gasteiger partial charge in [0, 0.05) is 31.9 Å². The molecule has 0 radical (unpaired) electrons. The van der Waals surface area contributed by atoms with Crippen LogP contribution < -0.4 is 21.6 Å². The Kier molecular flexibility index (Phi) is 5.58. The van der Waals surface area contributed by atoms with E-state index in [1.807, 2.05) is 6.07 Å². The Balaban J connectivity index is 1.36. The largest absolute Gasteiger partial charge is 0.381 e. The fourth-order valence-electron chi connectivity index (χ4n) is 5.82. The summed E-state index contributed by atoms with van der Waals surface area (Å²) >= 11 is 0. The molecule has 2 fully saturated rings. The second kappa shape index (κ2) is 8.39. The van der Waals surface area contributed by atoms with Crippen LogP contribution in [-0.4, -0.2) is 28.3 Å². The van der Waals surface area contributed by atoms with Gasteiger partial charge in [-0.3, -0.25) is 15.4 Å². The summed E-state index contributed by atoms with van der Waals surface area (Å²) in [5.41, 5.74) is 11.7. The Morgan fingerprint density at radius 2 is 2.00 bits per heavy atom. The molecule has 1 aromatic carbocycles. The zero-order chi connectivity index (χ0) is 22.3. The number of anilines is 1. The monoisotopic (exact) mass is 434 g/mol. The zero-order valence-electron chi connectivity index (χ0n) is 19.3. The van der Waals surface area contributed by atoms with Crippen molar-refractivity contribution in [1.82, 2.24) is 9.88 Å². The lowest BCUT2D eigenvalue weighted by Crippen LogP contribution is -2.70. The van der Waals surface area contributed by atoms with E-state index in [-0.39, 0.29) is 5.56 Å². The number of benzene rings is 1. The molecule has 0 amide bonds. The molecule has 1 aliphatic heterocycles. The quantitative estimate of drug-likeness (QED) is 0.416. The Hall–Kier alpha value is -2.60. The van der Waals surface area contributed by atoms with Crippen molar-refractivity contribution in [3.63, 3.8) is 0 Å². The molecular formula is C26H36N5O+. The molecule has 1 spiro atoms. The minimum Gasteiger partial charge on any atom is -0.381 e. The van der Waals surface area contributed by atoms with E-state index in [0.29, 0.717) is 28.8 Å². The molecule has 2 aromatic rings. The van der Waals surface area contributed by atoms with Crippen LogP contribution in [0.15, 0.2) is 35.3 Å². The van der Waals surface area contributed by atoms with Gasteiger partial charge in [0.2, 0.25) is 0 Å². The molecule has 3 aliphatic rings. The Morgan fingerprint density at radius 3 is 2.78 bits per heavy atom. The number of nitrogens with zero attached hydrogens (tertiary/aromatic N) is 1. The summed E-state index contributed by atoms with van der Waals surface area (Å²) in [6, 6.07) is 8.80. The SMILES string of the molecule is CC(C)CN1Cc2ccc([NH+]=C(N)c3c(NC4CC45CCCCC5)cc[nH]c3=O)cc2C1. The fourth-order valence-corrected chi connectivity index (χ4v) is 5.82. The van der Waals surface area contributed by atoms with E-state index in [4.69, 9.17) is 5.73 Å². The lowest BCUT2D eigenvalue weighted by atomic mass is 9.85. The standard InChI is InChI=1S/C26H35N5O/c1-17(2)14-31-15-18-6-7-20(12-19(18)16-31)29-24(27)23-21(8-11-28-25(23)32)30-22-13-26(22)9-4-3-5-10-26/h6-8,11-12,17,22H,3-5,9-10,13-16H2,1-2H3,(H2,27,29)(H2,28,30,32)/p+1. The molecule has 0 saturated heterocycles. The number of amidine groups is 1. The maximum Gasteiger partial charge on any atom is 0.285 e. The first-order valence-corrected chi connectivity index (χ1v) is 12.2. The number of aromatic nitrogens is 1. The van der Waals surface area contributed by atoms with Gasteiger partial charge in [-0.1, -0.05) is 39.2 Å². The number of nitrogens with one attached hydrogen (secondary N) is 3. The number of pyridine rings is 1. The third-order valence-electron chi connectivity index (χ3n) is 7.50. The van der Waals surface area contributed by atoms with E-state index in [9.17, 15) is 4.79 Å². The van der Waals surface area contributed by atoms with Crippen LogP contribution in [-0.2, 0) is 13.1 Å². The molecule has 1 aromatic heterocycles. The average molecular weight is 435 g/mol. The van der Waals surface area contributed by atoms with Crippen LogP contribution >= 0.6 is 0 Å². The molecule has 32 heavy (non-hydrogen) atoms. The number of nitrogen functional groups attached to an aromatic ring is 1. The molecule has 2 heterocycles. The number of hydrogen-bond acceptors (Lipinski definition) is 3. The Labute approximate surface area is 190 Å². The molecule has 1 unspecified atom stereocenters. The van der Waals surface area contributed by atoms with Crippen molar-refractivity contribution in [2.24, 2.45) is 17.1 Å². The molecule has 170 valence electrons. The Morgan fingerprint density at radius 1 is 1.22 bits per heavy atom. The zero-order valence-corrected chi connectivity index (χ0v) is 19.3. The topological polar surface area (TPSA) is 88.1 Å². The predicted molar refractivity (Wildman–Crippen MR) is 129 cm³/mol. The molecular weight excluding hydrogens is 398 g/mol. The molecule has 5 N–H and O–H groups in total. The van der Waals surface area contributed by atoms with Crippen molar-refractivity contribution < 1.29 is 4.99 Å². The van der Waals surface area contributed by atoms with Crippen LogP contribution in [0, 0.1) is 11.3 Å². The average Bonchev–Trinajstić information content (AvgIpc) is 3.22. The van der Waals surface area contributed by atoms with Gasteiger partial charge in [-0.2, -0.15) is 0 Å². The van der Waals surface area contributed by atoms with Gasteiger partial charge in [0.25, 0.3) is 11.4 Å². The van der Waals surface area contributed by atoms with Gasteiger partial charge in [0.05, 0.1) is 5.69 Å². The van der Waals surface area contributed by atoms with Crippen molar-refractivity contribution in [1.29, 1.82) is 0 Å².